The van der Waals surface area contributed by atoms with Crippen molar-refractivity contribution < 1.29 is 33.8 Å². The zero-order valence-electron chi connectivity index (χ0n) is 14.4. The average molecular weight is 407 g/mol. The van der Waals surface area contributed by atoms with Crippen LogP contribution in [-0.2, 0) is 13.8 Å². The number of H-pyrrole nitrogens is 1. The highest BCUT2D eigenvalue weighted by molar-refractivity contribution is 7.46. The van der Waals surface area contributed by atoms with E-state index in [1.54, 1.807) is 4.90 Å². The van der Waals surface area contributed by atoms with Crippen molar-refractivity contribution in [2.75, 3.05) is 35.4 Å². The van der Waals surface area contributed by atoms with E-state index in [1.807, 2.05) is 6.92 Å². The van der Waals surface area contributed by atoms with E-state index in [9.17, 15) is 19.6 Å². The molecule has 0 bridgehead atoms. The predicted molar refractivity (Wildman–Crippen MR) is 92.9 cm³/mol. The SMILES string of the molecule is CCCN1CN([C@@H]2O[C@H](COP(=O)(O)O)[C@@H](O)[C@H]2O)c2nc(N)[nH]c(=O)c21. The molecule has 13 nitrogen and oxygen atoms in total. The van der Waals surface area contributed by atoms with E-state index >= 15 is 0 Å². The second kappa shape index (κ2) is 7.36. The molecule has 4 atom stereocenters. The lowest BCUT2D eigenvalue weighted by Crippen LogP contribution is -2.46. The monoisotopic (exact) mass is 407 g/mol. The summed E-state index contributed by atoms with van der Waals surface area (Å²) in [4.78, 5) is 39.7. The van der Waals surface area contributed by atoms with Crippen LogP contribution in [0.2, 0.25) is 0 Å². The Morgan fingerprint density at radius 3 is 2.74 bits per heavy atom. The minimum absolute atomic E-state index is 0.114. The molecular weight excluding hydrogens is 385 g/mol. The van der Waals surface area contributed by atoms with Crippen molar-refractivity contribution in [1.82, 2.24) is 9.97 Å². The van der Waals surface area contributed by atoms with Crippen LogP contribution in [0.15, 0.2) is 4.79 Å². The first kappa shape index (κ1) is 20.0. The van der Waals surface area contributed by atoms with Crippen molar-refractivity contribution in [3.63, 3.8) is 0 Å². The van der Waals surface area contributed by atoms with Crippen LogP contribution in [0, 0.1) is 0 Å². The van der Waals surface area contributed by atoms with E-state index in [2.05, 4.69) is 14.5 Å². The van der Waals surface area contributed by atoms with Gasteiger partial charge in [0.1, 0.15) is 24.0 Å². The van der Waals surface area contributed by atoms with Crippen molar-refractivity contribution in [2.45, 2.75) is 37.9 Å². The molecule has 1 aromatic heterocycles. The van der Waals surface area contributed by atoms with Gasteiger partial charge in [-0.2, -0.15) is 4.98 Å². The Labute approximate surface area is 153 Å². The van der Waals surface area contributed by atoms with E-state index in [0.29, 0.717) is 6.54 Å². The highest BCUT2D eigenvalue weighted by Crippen LogP contribution is 2.39. The number of nitrogens with one attached hydrogen (secondary N) is 1. The van der Waals surface area contributed by atoms with Crippen molar-refractivity contribution in [3.8, 4) is 0 Å². The standard InChI is InChI=1S/C13H22N5O8P/c1-2-3-17-5-18(10-7(17)11(21)16-13(14)15-10)12-9(20)8(19)6(26-12)4-25-27(22,23)24/h6,8-9,12,19-20H,2-5H2,1H3,(H2,22,23,24)(H3,14,15,16,21)/t6-,8-,9-,12-/m1/s1. The van der Waals surface area contributed by atoms with E-state index in [1.165, 1.54) is 4.90 Å². The molecule has 27 heavy (non-hydrogen) atoms. The van der Waals surface area contributed by atoms with Gasteiger partial charge < -0.3 is 40.3 Å². The van der Waals surface area contributed by atoms with Crippen molar-refractivity contribution >= 4 is 25.3 Å². The van der Waals surface area contributed by atoms with Crippen LogP contribution < -0.4 is 21.1 Å². The Balaban J connectivity index is 1.86. The molecule has 7 N–H and O–H groups in total. The lowest BCUT2D eigenvalue weighted by molar-refractivity contribution is -0.0218. The molecule has 3 heterocycles. The maximum absolute atomic E-state index is 12.3. The summed E-state index contributed by atoms with van der Waals surface area (Å²) in [5, 5.41) is 20.5. The van der Waals surface area contributed by atoms with Crippen molar-refractivity contribution in [2.24, 2.45) is 0 Å². The van der Waals surface area contributed by atoms with E-state index in [-0.39, 0.29) is 24.1 Å². The number of hydrogen-bond acceptors (Lipinski definition) is 10. The summed E-state index contributed by atoms with van der Waals surface area (Å²) < 4.78 is 20.8. The van der Waals surface area contributed by atoms with Gasteiger partial charge >= 0.3 is 7.82 Å². The lowest BCUT2D eigenvalue weighted by atomic mass is 10.1. The normalized spacial score (nSPS) is 28.0. The fourth-order valence-corrected chi connectivity index (χ4v) is 3.57. The smallest absolute Gasteiger partial charge is 0.387 e. The number of hydrogen-bond donors (Lipinski definition) is 6. The Kier molecular flexibility index (Phi) is 5.45. The van der Waals surface area contributed by atoms with Gasteiger partial charge in [-0.05, 0) is 6.42 Å². The number of aromatic nitrogens is 2. The summed E-state index contributed by atoms with van der Waals surface area (Å²) in [6.07, 6.45) is -4.43. The Morgan fingerprint density at radius 2 is 2.11 bits per heavy atom. The molecule has 0 aliphatic carbocycles. The molecule has 0 saturated carbocycles. The highest BCUT2D eigenvalue weighted by atomic mass is 31.2. The van der Waals surface area contributed by atoms with Gasteiger partial charge in [-0.15, -0.1) is 0 Å². The van der Waals surface area contributed by atoms with Crippen LogP contribution in [-0.4, -0.2) is 74.3 Å². The molecule has 0 unspecified atom stereocenters. The Hall–Kier alpha value is -1.73. The molecule has 14 heteroatoms. The van der Waals surface area contributed by atoms with Gasteiger partial charge in [-0.1, -0.05) is 6.92 Å². The van der Waals surface area contributed by atoms with Gasteiger partial charge in [0, 0.05) is 6.54 Å². The molecule has 1 fully saturated rings. The summed E-state index contributed by atoms with van der Waals surface area (Å²) in [5.41, 5.74) is 5.45. The quantitative estimate of drug-likeness (QED) is 0.282. The summed E-state index contributed by atoms with van der Waals surface area (Å²) in [6, 6.07) is 0. The number of rotatable bonds is 6. The number of aromatic amines is 1. The van der Waals surface area contributed by atoms with Gasteiger partial charge in [0.15, 0.2) is 12.0 Å². The number of ether oxygens (including phenoxy) is 1. The third-order valence-electron chi connectivity index (χ3n) is 4.35. The molecule has 2 aliphatic rings. The van der Waals surface area contributed by atoms with Crippen LogP contribution in [0.3, 0.4) is 0 Å². The average Bonchev–Trinajstić information content (AvgIpc) is 3.04. The number of nitrogen functional groups attached to an aromatic ring is 1. The van der Waals surface area contributed by atoms with E-state index in [4.69, 9.17) is 20.3 Å². The van der Waals surface area contributed by atoms with Crippen LogP contribution >= 0.6 is 7.82 Å². The first-order valence-electron chi connectivity index (χ1n) is 8.25. The zero-order valence-corrected chi connectivity index (χ0v) is 15.3. The number of aliphatic hydroxyl groups excluding tert-OH is 2. The maximum atomic E-state index is 12.3. The number of nitrogens with zero attached hydrogens (tertiary/aromatic N) is 3. The fraction of sp³-hybridized carbons (Fsp3) is 0.692. The molecule has 2 aliphatic heterocycles. The highest BCUT2D eigenvalue weighted by Gasteiger charge is 2.49. The minimum Gasteiger partial charge on any atom is -0.387 e. The molecule has 152 valence electrons. The minimum atomic E-state index is -4.76. The first-order chi connectivity index (χ1) is 12.6. The number of anilines is 3. The van der Waals surface area contributed by atoms with Gasteiger partial charge in [-0.25, -0.2) is 4.57 Å². The van der Waals surface area contributed by atoms with Crippen molar-refractivity contribution in [3.05, 3.63) is 10.4 Å². The number of fused-ring (bicyclic) bond motifs is 1. The third-order valence-corrected chi connectivity index (χ3v) is 4.84. The van der Waals surface area contributed by atoms with Crippen LogP contribution in [0.25, 0.3) is 0 Å². The van der Waals surface area contributed by atoms with E-state index in [0.717, 1.165) is 6.42 Å². The molecule has 3 rings (SSSR count). The molecule has 1 saturated heterocycles. The topological polar surface area (TPSA) is 195 Å². The molecule has 0 spiro atoms. The second-order valence-electron chi connectivity index (χ2n) is 6.33. The number of nitrogens with two attached hydrogens (primary N) is 1. The van der Waals surface area contributed by atoms with Gasteiger partial charge in [0.05, 0.1) is 13.3 Å². The van der Waals surface area contributed by atoms with Gasteiger partial charge in [0.2, 0.25) is 5.95 Å². The summed E-state index contributed by atoms with van der Waals surface area (Å²) in [5.74, 6) is 0.0778. The predicted octanol–water partition coefficient (Wildman–Crippen LogP) is -2.10. The lowest BCUT2D eigenvalue weighted by Gasteiger charge is -2.28. The maximum Gasteiger partial charge on any atom is 0.469 e. The largest absolute Gasteiger partial charge is 0.469 e. The molecule has 1 aromatic rings. The first-order valence-corrected chi connectivity index (χ1v) is 9.78. The third kappa shape index (κ3) is 3.94. The fourth-order valence-electron chi connectivity index (χ4n) is 3.23. The summed E-state index contributed by atoms with van der Waals surface area (Å²) >= 11 is 0. The summed E-state index contributed by atoms with van der Waals surface area (Å²) in [6.45, 7) is 2.00. The van der Waals surface area contributed by atoms with Crippen LogP contribution in [0.1, 0.15) is 13.3 Å². The Morgan fingerprint density at radius 1 is 1.41 bits per heavy atom. The zero-order chi connectivity index (χ0) is 19.9. The van der Waals surface area contributed by atoms with Gasteiger partial charge in [0.25, 0.3) is 5.56 Å². The molecular formula is C13H22N5O8P. The molecule has 0 amide bonds. The van der Waals surface area contributed by atoms with Crippen LogP contribution in [0.4, 0.5) is 17.5 Å². The number of phosphoric ester groups is 1. The summed E-state index contributed by atoms with van der Waals surface area (Å²) in [7, 11) is -4.76. The van der Waals surface area contributed by atoms with Crippen LogP contribution in [0.5, 0.6) is 0 Å². The Bertz CT molecular complexity index is 799. The molecule has 0 radical (unpaired) electrons. The van der Waals surface area contributed by atoms with Gasteiger partial charge in [-0.3, -0.25) is 14.3 Å². The number of phosphoric acid groups is 1. The number of aliphatic hydroxyl groups is 2. The van der Waals surface area contributed by atoms with E-state index < -0.39 is 44.5 Å². The molecule has 0 aromatic carbocycles. The second-order valence-corrected chi connectivity index (χ2v) is 7.57. The van der Waals surface area contributed by atoms with Crippen molar-refractivity contribution in [1.29, 1.82) is 0 Å².